The van der Waals surface area contributed by atoms with Crippen molar-refractivity contribution < 1.29 is 37.0 Å². The molecule has 1 aliphatic carbocycles. The molecular formula is C25H31F4N5O4. The van der Waals surface area contributed by atoms with Gasteiger partial charge >= 0.3 is 6.18 Å². The number of alkyl halides is 3. The predicted octanol–water partition coefficient (Wildman–Crippen LogP) is 3.46. The molecule has 9 nitrogen and oxygen atoms in total. The fourth-order valence-electron chi connectivity index (χ4n) is 5.28. The first-order chi connectivity index (χ1) is 17.8. The van der Waals surface area contributed by atoms with Crippen molar-refractivity contribution in [1.29, 1.82) is 0 Å². The molecule has 2 fully saturated rings. The number of hydrogen-bond acceptors (Lipinski definition) is 6. The zero-order valence-electron chi connectivity index (χ0n) is 21.3. The van der Waals surface area contributed by atoms with Crippen molar-refractivity contribution in [2.24, 2.45) is 11.8 Å². The van der Waals surface area contributed by atoms with E-state index in [1.54, 1.807) is 4.90 Å². The minimum atomic E-state index is -4.69. The Kier molecular flexibility index (Phi) is 7.69. The molecule has 1 aliphatic heterocycles. The van der Waals surface area contributed by atoms with Gasteiger partial charge in [-0.1, -0.05) is 6.92 Å². The molecule has 3 N–H and O–H groups in total. The fourth-order valence-corrected chi connectivity index (χ4v) is 5.28. The molecule has 2 amide bonds. The number of amides is 2. The number of rotatable bonds is 5. The van der Waals surface area contributed by atoms with Crippen molar-refractivity contribution in [2.75, 3.05) is 13.7 Å². The normalized spacial score (nSPS) is 28.2. The minimum Gasteiger partial charge on any atom is -0.481 e. The zero-order chi connectivity index (χ0) is 27.8. The molecule has 208 valence electrons. The number of piperidine rings is 1. The van der Waals surface area contributed by atoms with Crippen molar-refractivity contribution >= 4 is 11.8 Å². The molecule has 3 atom stereocenters. The maximum absolute atomic E-state index is 14.3. The SMILES string of the molecule is COc1cc(-c2cc(C(=O)N3C[C@H](C)[C@@H](C(=O)NC4CCC(O)(C(F)(F)F)CC4)C[C@@H]3C)n[nH]2)c(F)cn1. The van der Waals surface area contributed by atoms with Gasteiger partial charge in [0.15, 0.2) is 17.1 Å². The fraction of sp³-hybridized carbons (Fsp3) is 0.600. The lowest BCUT2D eigenvalue weighted by atomic mass is 9.80. The van der Waals surface area contributed by atoms with Gasteiger partial charge in [-0.2, -0.15) is 18.3 Å². The second kappa shape index (κ2) is 10.5. The van der Waals surface area contributed by atoms with E-state index in [0.717, 1.165) is 6.20 Å². The van der Waals surface area contributed by atoms with Crippen LogP contribution in [0.4, 0.5) is 17.6 Å². The van der Waals surface area contributed by atoms with Crippen LogP contribution < -0.4 is 10.1 Å². The summed E-state index contributed by atoms with van der Waals surface area (Å²) in [5.41, 5.74) is -2.18. The van der Waals surface area contributed by atoms with Crippen molar-refractivity contribution in [3.8, 4) is 17.1 Å². The molecule has 0 bridgehead atoms. The summed E-state index contributed by atoms with van der Waals surface area (Å²) in [6.07, 6.45) is -4.15. The molecule has 13 heteroatoms. The highest BCUT2D eigenvalue weighted by atomic mass is 19.4. The van der Waals surface area contributed by atoms with Crippen LogP contribution in [0, 0.1) is 17.7 Å². The Hall–Kier alpha value is -3.22. The monoisotopic (exact) mass is 541 g/mol. The van der Waals surface area contributed by atoms with Crippen molar-refractivity contribution in [2.45, 2.75) is 69.8 Å². The number of H-pyrrole nitrogens is 1. The minimum absolute atomic E-state index is 0.0362. The lowest BCUT2D eigenvalue weighted by Gasteiger charge is -2.42. The number of pyridine rings is 1. The molecule has 2 aromatic rings. The van der Waals surface area contributed by atoms with Gasteiger partial charge in [0, 0.05) is 36.2 Å². The molecule has 3 heterocycles. The van der Waals surface area contributed by atoms with Crippen molar-refractivity contribution in [3.63, 3.8) is 0 Å². The number of aromatic amines is 1. The molecule has 1 saturated carbocycles. The standard InChI is InChI=1S/C25H31F4N5O4/c1-13-12-34(23(36)20-10-19(32-33-20)17-9-21(38-3)30-11-18(17)26)14(2)8-16(13)22(35)31-15-4-6-24(37,7-5-15)25(27,28)29/h9-11,13-16,37H,4-8,12H2,1-3H3,(H,31,35)(H,32,33)/t13-,14-,15?,16-,24?/m0/s1. The number of likely N-dealkylation sites (tertiary alicyclic amines) is 1. The van der Waals surface area contributed by atoms with E-state index in [9.17, 15) is 32.3 Å². The van der Waals surface area contributed by atoms with Gasteiger partial charge in [-0.05, 0) is 51.0 Å². The average molecular weight is 542 g/mol. The summed E-state index contributed by atoms with van der Waals surface area (Å²) in [6, 6.07) is 2.08. The molecule has 2 aliphatic rings. The van der Waals surface area contributed by atoms with E-state index >= 15 is 0 Å². The van der Waals surface area contributed by atoms with Gasteiger partial charge in [-0.3, -0.25) is 14.7 Å². The number of aromatic nitrogens is 3. The molecule has 2 aromatic heterocycles. The lowest BCUT2D eigenvalue weighted by Crippen LogP contribution is -2.54. The Morgan fingerprint density at radius 2 is 1.92 bits per heavy atom. The Labute approximate surface area is 217 Å². The maximum atomic E-state index is 14.3. The first-order valence-corrected chi connectivity index (χ1v) is 12.5. The third-order valence-electron chi connectivity index (χ3n) is 7.71. The van der Waals surface area contributed by atoms with Crippen LogP contribution in [0.5, 0.6) is 5.88 Å². The summed E-state index contributed by atoms with van der Waals surface area (Å²) in [5.74, 6) is -1.68. The van der Waals surface area contributed by atoms with Crippen LogP contribution in [0.1, 0.15) is 56.4 Å². The van der Waals surface area contributed by atoms with Crippen molar-refractivity contribution in [1.82, 2.24) is 25.4 Å². The smallest absolute Gasteiger partial charge is 0.417 e. The highest BCUT2D eigenvalue weighted by Crippen LogP contribution is 2.41. The number of nitrogens with one attached hydrogen (secondary N) is 2. The second-order valence-electron chi connectivity index (χ2n) is 10.3. The quantitative estimate of drug-likeness (QED) is 0.499. The van der Waals surface area contributed by atoms with Gasteiger partial charge in [0.05, 0.1) is 19.0 Å². The Morgan fingerprint density at radius 3 is 2.55 bits per heavy atom. The highest BCUT2D eigenvalue weighted by Gasteiger charge is 2.54. The first-order valence-electron chi connectivity index (χ1n) is 12.5. The summed E-state index contributed by atoms with van der Waals surface area (Å²) < 4.78 is 58.5. The van der Waals surface area contributed by atoms with Gasteiger partial charge < -0.3 is 20.1 Å². The number of nitrogens with zero attached hydrogens (tertiary/aromatic N) is 3. The number of methoxy groups -OCH3 is 1. The number of aliphatic hydroxyl groups is 1. The molecule has 4 rings (SSSR count). The van der Waals surface area contributed by atoms with E-state index in [-0.39, 0.29) is 66.0 Å². The van der Waals surface area contributed by atoms with E-state index in [1.165, 1.54) is 19.2 Å². The Bertz CT molecular complexity index is 1180. The Balaban J connectivity index is 1.37. The van der Waals surface area contributed by atoms with E-state index in [4.69, 9.17) is 4.74 Å². The maximum Gasteiger partial charge on any atom is 0.417 e. The van der Waals surface area contributed by atoms with Crippen LogP contribution in [0.3, 0.4) is 0 Å². The van der Waals surface area contributed by atoms with Gasteiger partial charge in [0.25, 0.3) is 5.91 Å². The molecule has 38 heavy (non-hydrogen) atoms. The summed E-state index contributed by atoms with van der Waals surface area (Å²) in [5, 5.41) is 19.4. The van der Waals surface area contributed by atoms with Crippen LogP contribution >= 0.6 is 0 Å². The lowest BCUT2D eigenvalue weighted by molar-refractivity contribution is -0.270. The molecule has 0 radical (unpaired) electrons. The number of carbonyl (C=O) groups excluding carboxylic acids is 2. The van der Waals surface area contributed by atoms with Crippen LogP contribution in [-0.2, 0) is 4.79 Å². The molecular weight excluding hydrogens is 510 g/mol. The van der Waals surface area contributed by atoms with Crippen LogP contribution in [-0.4, -0.2) is 74.5 Å². The summed E-state index contributed by atoms with van der Waals surface area (Å²) in [4.78, 5) is 31.7. The summed E-state index contributed by atoms with van der Waals surface area (Å²) in [6.45, 7) is 3.93. The third-order valence-corrected chi connectivity index (χ3v) is 7.71. The second-order valence-corrected chi connectivity index (χ2v) is 10.3. The molecule has 0 unspecified atom stereocenters. The van der Waals surface area contributed by atoms with Gasteiger partial charge in [0.2, 0.25) is 11.8 Å². The Morgan fingerprint density at radius 1 is 1.24 bits per heavy atom. The zero-order valence-corrected chi connectivity index (χ0v) is 21.3. The van der Waals surface area contributed by atoms with Gasteiger partial charge in [0.1, 0.15) is 0 Å². The largest absolute Gasteiger partial charge is 0.481 e. The summed E-state index contributed by atoms with van der Waals surface area (Å²) >= 11 is 0. The predicted molar refractivity (Wildman–Crippen MR) is 128 cm³/mol. The van der Waals surface area contributed by atoms with Gasteiger partial charge in [-0.15, -0.1) is 0 Å². The highest BCUT2D eigenvalue weighted by molar-refractivity contribution is 5.94. The van der Waals surface area contributed by atoms with E-state index in [2.05, 4.69) is 20.5 Å². The van der Waals surface area contributed by atoms with E-state index in [1.807, 2.05) is 13.8 Å². The van der Waals surface area contributed by atoms with Crippen LogP contribution in [0.15, 0.2) is 18.3 Å². The first kappa shape index (κ1) is 27.8. The number of hydrogen-bond donors (Lipinski definition) is 3. The molecule has 1 saturated heterocycles. The summed E-state index contributed by atoms with van der Waals surface area (Å²) in [7, 11) is 1.40. The van der Waals surface area contributed by atoms with E-state index in [0.29, 0.717) is 6.42 Å². The van der Waals surface area contributed by atoms with Gasteiger partial charge in [-0.25, -0.2) is 9.37 Å². The molecule has 0 aromatic carbocycles. The third kappa shape index (κ3) is 5.47. The van der Waals surface area contributed by atoms with E-state index < -0.39 is 42.4 Å². The van der Waals surface area contributed by atoms with Crippen LogP contribution in [0.25, 0.3) is 11.3 Å². The van der Waals surface area contributed by atoms with Crippen LogP contribution in [0.2, 0.25) is 0 Å². The van der Waals surface area contributed by atoms with Crippen molar-refractivity contribution in [3.05, 3.63) is 29.8 Å². The number of halogens is 4. The topological polar surface area (TPSA) is 120 Å². The number of carbonyl (C=O) groups is 2. The number of ether oxygens (including phenoxy) is 1. The average Bonchev–Trinajstić information content (AvgIpc) is 3.36. The molecule has 0 spiro atoms.